The van der Waals surface area contributed by atoms with Crippen LogP contribution in [0.5, 0.6) is 0 Å². The second kappa shape index (κ2) is 3.82. The Morgan fingerprint density at radius 3 is 2.79 bits per heavy atom. The average molecular weight is 189 g/mol. The highest BCUT2D eigenvalue weighted by molar-refractivity contribution is 5.73. The lowest BCUT2D eigenvalue weighted by Crippen LogP contribution is -2.37. The fourth-order valence-electron chi connectivity index (χ4n) is 2.11. The number of hydrogen-bond acceptors (Lipinski definition) is 1. The first-order chi connectivity index (χ1) is 6.75. The highest BCUT2D eigenvalue weighted by Crippen LogP contribution is 2.20. The third kappa shape index (κ3) is 1.95. The van der Waals surface area contributed by atoms with Gasteiger partial charge in [0.1, 0.15) is 0 Å². The van der Waals surface area contributed by atoms with Crippen LogP contribution in [0, 0.1) is 0 Å². The maximum atomic E-state index is 10.9. The van der Waals surface area contributed by atoms with Crippen LogP contribution in [-0.2, 0) is 17.6 Å². The summed E-state index contributed by atoms with van der Waals surface area (Å²) >= 11 is 0. The Bertz CT molecular complexity index is 346. The lowest BCUT2D eigenvalue weighted by molar-refractivity contribution is -0.119. The first-order valence-electron chi connectivity index (χ1n) is 5.09. The minimum Gasteiger partial charge on any atom is -0.353 e. The molecule has 1 aromatic carbocycles. The van der Waals surface area contributed by atoms with Crippen molar-refractivity contribution in [2.45, 2.75) is 32.2 Å². The van der Waals surface area contributed by atoms with Crippen molar-refractivity contribution in [1.82, 2.24) is 5.32 Å². The predicted molar refractivity (Wildman–Crippen MR) is 56.1 cm³/mol. The van der Waals surface area contributed by atoms with Crippen LogP contribution < -0.4 is 5.32 Å². The second-order valence-corrected chi connectivity index (χ2v) is 3.91. The Balaban J connectivity index is 2.09. The molecule has 1 amide bonds. The topological polar surface area (TPSA) is 29.1 Å². The van der Waals surface area contributed by atoms with Crippen molar-refractivity contribution in [2.75, 3.05) is 0 Å². The van der Waals surface area contributed by atoms with Gasteiger partial charge in [0.15, 0.2) is 0 Å². The summed E-state index contributed by atoms with van der Waals surface area (Å²) in [4.78, 5) is 10.9. The van der Waals surface area contributed by atoms with E-state index in [1.165, 1.54) is 11.1 Å². The highest BCUT2D eigenvalue weighted by atomic mass is 16.1. The molecule has 74 valence electrons. The van der Waals surface area contributed by atoms with Gasteiger partial charge in [0.25, 0.3) is 0 Å². The number of nitrogens with one attached hydrogen (secondary N) is 1. The van der Waals surface area contributed by atoms with Crippen LogP contribution in [-0.4, -0.2) is 11.9 Å². The number of amides is 1. The molecule has 1 aliphatic carbocycles. The molecular formula is C12H15NO. The molecule has 0 saturated heterocycles. The molecule has 1 N–H and O–H groups in total. The van der Waals surface area contributed by atoms with Crippen molar-refractivity contribution in [1.29, 1.82) is 0 Å². The van der Waals surface area contributed by atoms with Crippen molar-refractivity contribution >= 4 is 5.91 Å². The average Bonchev–Trinajstić information content (AvgIpc) is 2.17. The Morgan fingerprint density at radius 1 is 1.36 bits per heavy atom. The van der Waals surface area contributed by atoms with E-state index in [0.717, 1.165) is 19.3 Å². The number of hydrogen-bond donors (Lipinski definition) is 1. The molecule has 0 fully saturated rings. The van der Waals surface area contributed by atoms with Gasteiger partial charge in [0.05, 0.1) is 0 Å². The molecule has 2 heteroatoms. The predicted octanol–water partition coefficient (Wildman–Crippen LogP) is 1.68. The van der Waals surface area contributed by atoms with Crippen LogP contribution in [0.15, 0.2) is 24.3 Å². The van der Waals surface area contributed by atoms with E-state index in [0.29, 0.717) is 6.04 Å². The summed E-state index contributed by atoms with van der Waals surface area (Å²) in [6.45, 7) is 1.58. The quantitative estimate of drug-likeness (QED) is 0.715. The first-order valence-corrected chi connectivity index (χ1v) is 5.09. The molecule has 14 heavy (non-hydrogen) atoms. The van der Waals surface area contributed by atoms with Gasteiger partial charge in [0, 0.05) is 13.0 Å². The van der Waals surface area contributed by atoms with Gasteiger partial charge in [-0.25, -0.2) is 0 Å². The Morgan fingerprint density at radius 2 is 2.07 bits per heavy atom. The monoisotopic (exact) mass is 189 g/mol. The highest BCUT2D eigenvalue weighted by Gasteiger charge is 2.18. The zero-order valence-corrected chi connectivity index (χ0v) is 8.42. The van der Waals surface area contributed by atoms with Gasteiger partial charge in [-0.3, -0.25) is 4.79 Å². The first kappa shape index (κ1) is 9.25. The number of rotatable bonds is 1. The van der Waals surface area contributed by atoms with E-state index >= 15 is 0 Å². The van der Waals surface area contributed by atoms with Gasteiger partial charge in [-0.15, -0.1) is 0 Å². The Kier molecular flexibility index (Phi) is 2.53. The van der Waals surface area contributed by atoms with Crippen LogP contribution in [0.1, 0.15) is 24.5 Å². The molecule has 2 nitrogen and oxygen atoms in total. The van der Waals surface area contributed by atoms with Crippen LogP contribution in [0.3, 0.4) is 0 Å². The van der Waals surface area contributed by atoms with Crippen LogP contribution >= 0.6 is 0 Å². The zero-order valence-electron chi connectivity index (χ0n) is 8.42. The molecule has 1 atom stereocenters. The molecule has 0 aliphatic heterocycles. The summed E-state index contributed by atoms with van der Waals surface area (Å²) < 4.78 is 0. The number of carbonyl (C=O) groups excluding carboxylic acids is 1. The summed E-state index contributed by atoms with van der Waals surface area (Å²) in [5.41, 5.74) is 2.83. The normalized spacial score (nSPS) is 19.9. The number of benzene rings is 1. The summed E-state index contributed by atoms with van der Waals surface area (Å²) in [5, 5.41) is 2.98. The number of fused-ring (bicyclic) bond motifs is 1. The lowest BCUT2D eigenvalue weighted by atomic mass is 9.88. The molecule has 0 aromatic heterocycles. The summed E-state index contributed by atoms with van der Waals surface area (Å²) in [5.74, 6) is 0.0781. The fourth-order valence-corrected chi connectivity index (χ4v) is 2.11. The lowest BCUT2D eigenvalue weighted by Gasteiger charge is -2.24. The van der Waals surface area contributed by atoms with Gasteiger partial charge >= 0.3 is 0 Å². The minimum atomic E-state index is 0.0781. The molecule has 1 aromatic rings. The smallest absolute Gasteiger partial charge is 0.217 e. The van der Waals surface area contributed by atoms with Crippen LogP contribution in [0.2, 0.25) is 0 Å². The van der Waals surface area contributed by atoms with E-state index in [1.807, 2.05) is 0 Å². The maximum absolute atomic E-state index is 10.9. The van der Waals surface area contributed by atoms with E-state index in [1.54, 1.807) is 6.92 Å². The van der Waals surface area contributed by atoms with Crippen molar-refractivity contribution in [3.63, 3.8) is 0 Å². The van der Waals surface area contributed by atoms with Crippen molar-refractivity contribution in [3.05, 3.63) is 35.4 Å². The molecule has 0 spiro atoms. The third-order valence-electron chi connectivity index (χ3n) is 2.75. The molecule has 0 bridgehead atoms. The molecule has 0 radical (unpaired) electrons. The summed E-state index contributed by atoms with van der Waals surface area (Å²) in [6.07, 6.45) is 3.13. The van der Waals surface area contributed by atoms with E-state index < -0.39 is 0 Å². The Hall–Kier alpha value is -1.31. The van der Waals surface area contributed by atoms with E-state index in [9.17, 15) is 4.79 Å². The van der Waals surface area contributed by atoms with E-state index in [4.69, 9.17) is 0 Å². The third-order valence-corrected chi connectivity index (χ3v) is 2.75. The summed E-state index contributed by atoms with van der Waals surface area (Å²) in [6, 6.07) is 8.82. The van der Waals surface area contributed by atoms with Crippen LogP contribution in [0.4, 0.5) is 0 Å². The fraction of sp³-hybridized carbons (Fsp3) is 0.417. The molecule has 0 saturated carbocycles. The molecule has 2 rings (SSSR count). The van der Waals surface area contributed by atoms with Gasteiger partial charge in [-0.2, -0.15) is 0 Å². The second-order valence-electron chi connectivity index (χ2n) is 3.91. The molecule has 0 unspecified atom stereocenters. The van der Waals surface area contributed by atoms with Crippen molar-refractivity contribution < 1.29 is 4.79 Å². The van der Waals surface area contributed by atoms with Crippen molar-refractivity contribution in [2.24, 2.45) is 0 Å². The van der Waals surface area contributed by atoms with Crippen LogP contribution in [0.25, 0.3) is 0 Å². The maximum Gasteiger partial charge on any atom is 0.217 e. The van der Waals surface area contributed by atoms with E-state index in [2.05, 4.69) is 29.6 Å². The number of aryl methyl sites for hydroxylation is 1. The Labute approximate surface area is 84.3 Å². The van der Waals surface area contributed by atoms with E-state index in [-0.39, 0.29) is 5.91 Å². The molecular weight excluding hydrogens is 174 g/mol. The van der Waals surface area contributed by atoms with Gasteiger partial charge in [-0.05, 0) is 30.4 Å². The SMILES string of the molecule is CC(=O)N[C@H]1CCc2ccccc2C1. The minimum absolute atomic E-state index is 0.0781. The zero-order chi connectivity index (χ0) is 9.97. The largest absolute Gasteiger partial charge is 0.353 e. The molecule has 1 aliphatic rings. The summed E-state index contributed by atoms with van der Waals surface area (Å²) in [7, 11) is 0. The number of carbonyl (C=O) groups is 1. The van der Waals surface area contributed by atoms with Gasteiger partial charge < -0.3 is 5.32 Å². The standard InChI is InChI=1S/C12H15NO/c1-9(14)13-12-7-6-10-4-2-3-5-11(10)8-12/h2-5,12H,6-8H2,1H3,(H,13,14)/t12-/m0/s1. The van der Waals surface area contributed by atoms with Gasteiger partial charge in [0.2, 0.25) is 5.91 Å². The molecule has 0 heterocycles. The van der Waals surface area contributed by atoms with Crippen molar-refractivity contribution in [3.8, 4) is 0 Å². The van der Waals surface area contributed by atoms with Gasteiger partial charge in [-0.1, -0.05) is 24.3 Å².